The van der Waals surface area contributed by atoms with Gasteiger partial charge in [0.2, 0.25) is 0 Å². The van der Waals surface area contributed by atoms with Crippen molar-refractivity contribution in [3.8, 4) is 0 Å². The monoisotopic (exact) mass is 658 g/mol. The lowest BCUT2D eigenvalue weighted by atomic mass is 9.85. The maximum Gasteiger partial charge on any atom is 0.331 e. The molecule has 6 N–H and O–H groups in total. The number of esters is 1. The van der Waals surface area contributed by atoms with E-state index >= 15 is 0 Å². The minimum atomic E-state index is -2.24. The summed E-state index contributed by atoms with van der Waals surface area (Å²) in [6.07, 6.45) is 9.83. The fourth-order valence-corrected chi connectivity index (χ4v) is 5.27. The van der Waals surface area contributed by atoms with Crippen LogP contribution >= 0.6 is 23.2 Å². The third kappa shape index (κ3) is 11.3. The Morgan fingerprint density at radius 2 is 1.73 bits per heavy atom. The molecule has 1 aliphatic carbocycles. The highest BCUT2D eigenvalue weighted by atomic mass is 35.5. The molecule has 246 valence electrons. The van der Waals surface area contributed by atoms with Crippen molar-refractivity contribution in [3.63, 3.8) is 0 Å². The molecule has 0 spiro atoms. The maximum atomic E-state index is 12.1. The Labute approximate surface area is 268 Å². The van der Waals surface area contributed by atoms with E-state index in [1.807, 2.05) is 13.8 Å². The summed E-state index contributed by atoms with van der Waals surface area (Å²) in [7, 11) is 0. The van der Waals surface area contributed by atoms with Crippen molar-refractivity contribution in [1.29, 1.82) is 0 Å². The second-order valence-electron chi connectivity index (χ2n) is 11.2. The molecule has 1 heterocycles. The number of aliphatic hydroxyl groups is 5. The van der Waals surface area contributed by atoms with E-state index in [1.165, 1.54) is 18.2 Å². The molecule has 1 saturated heterocycles. The van der Waals surface area contributed by atoms with Gasteiger partial charge >= 0.3 is 11.9 Å². The van der Waals surface area contributed by atoms with Crippen molar-refractivity contribution in [2.45, 2.75) is 101 Å². The Hall–Kier alpha value is -2.28. The molecule has 44 heavy (non-hydrogen) atoms. The summed E-state index contributed by atoms with van der Waals surface area (Å²) in [4.78, 5) is 23.2. The van der Waals surface area contributed by atoms with Crippen molar-refractivity contribution >= 4 is 35.1 Å². The number of carbonyl (C=O) groups is 2. The summed E-state index contributed by atoms with van der Waals surface area (Å²) < 4.78 is 10.8. The number of hydrogen-bond donors (Lipinski definition) is 6. The summed E-state index contributed by atoms with van der Waals surface area (Å²) in [6.45, 7) is 5.29. The molecule has 0 amide bonds. The average molecular weight is 660 g/mol. The molecule has 7 unspecified atom stereocenters. The van der Waals surface area contributed by atoms with Gasteiger partial charge in [0.25, 0.3) is 0 Å². The highest BCUT2D eigenvalue weighted by Gasteiger charge is 2.51. The van der Waals surface area contributed by atoms with Gasteiger partial charge in [-0.3, -0.25) is 4.79 Å². The zero-order valence-electron chi connectivity index (χ0n) is 25.1. The Morgan fingerprint density at radius 3 is 2.39 bits per heavy atom. The first-order valence-corrected chi connectivity index (χ1v) is 15.4. The van der Waals surface area contributed by atoms with E-state index in [2.05, 4.69) is 0 Å². The molecule has 12 heteroatoms. The summed E-state index contributed by atoms with van der Waals surface area (Å²) in [5.74, 6) is -5.33. The predicted octanol–water partition coefficient (Wildman–Crippen LogP) is 3.65. The Bertz CT molecular complexity index is 1150. The first kappa shape index (κ1) is 37.9. The molecule has 2 fully saturated rings. The molecule has 10 atom stereocenters. The second-order valence-corrected chi connectivity index (χ2v) is 12.1. The van der Waals surface area contributed by atoms with Crippen LogP contribution in [-0.2, 0) is 19.1 Å². The number of carboxylic acids is 1. The number of allylic oxidation sites excluding steroid dienone is 9. The zero-order valence-corrected chi connectivity index (χ0v) is 26.6. The highest BCUT2D eigenvalue weighted by molar-refractivity contribution is 6.30. The van der Waals surface area contributed by atoms with E-state index in [0.29, 0.717) is 12.8 Å². The molecule has 0 aromatic carbocycles. The minimum Gasteiger partial charge on any atom is -0.481 e. The third-order valence-electron chi connectivity index (χ3n) is 7.62. The van der Waals surface area contributed by atoms with Crippen molar-refractivity contribution < 1.29 is 49.7 Å². The summed E-state index contributed by atoms with van der Waals surface area (Å²) in [6, 6.07) is 0. The number of hydrogen-bond acceptors (Lipinski definition) is 9. The van der Waals surface area contributed by atoms with E-state index in [9.17, 15) is 35.1 Å². The quantitative estimate of drug-likeness (QED) is 0.0563. The Kier molecular flexibility index (Phi) is 15.5. The summed E-state index contributed by atoms with van der Waals surface area (Å²) in [5.41, 5.74) is 0.818. The number of ether oxygens (including phenoxy) is 2. The number of carbonyl (C=O) groups excluding carboxylic acids is 1. The first-order chi connectivity index (χ1) is 20.7. The van der Waals surface area contributed by atoms with Gasteiger partial charge in [-0.2, -0.15) is 0 Å². The lowest BCUT2D eigenvalue weighted by Crippen LogP contribution is -2.61. The molecule has 2 aliphatic rings. The number of carboxylic acid groups (broad SMARTS) is 1. The normalized spacial score (nSPS) is 32.9. The number of rotatable bonds is 13. The molecule has 10 nitrogen and oxygen atoms in total. The lowest BCUT2D eigenvalue weighted by molar-refractivity contribution is -0.316. The average Bonchev–Trinajstić information content (AvgIpc) is 2.98. The fraction of sp³-hybridized carbons (Fsp3) is 0.562. The van der Waals surface area contributed by atoms with Gasteiger partial charge in [0.1, 0.15) is 12.2 Å². The highest BCUT2D eigenvalue weighted by Crippen LogP contribution is 2.36. The molecule has 2 rings (SSSR count). The smallest absolute Gasteiger partial charge is 0.331 e. The number of halogens is 2. The fourth-order valence-electron chi connectivity index (χ4n) is 4.85. The van der Waals surface area contributed by atoms with Crippen LogP contribution in [0.1, 0.15) is 52.9 Å². The first-order valence-electron chi connectivity index (χ1n) is 14.6. The molecular formula is C32H44Cl2O10. The van der Waals surface area contributed by atoms with Crippen molar-refractivity contribution in [3.05, 3.63) is 71.4 Å². The van der Waals surface area contributed by atoms with Crippen LogP contribution in [0.25, 0.3) is 0 Å². The van der Waals surface area contributed by atoms with Crippen LogP contribution in [-0.4, -0.2) is 90.4 Å². The van der Waals surface area contributed by atoms with Gasteiger partial charge < -0.3 is 40.1 Å². The van der Waals surface area contributed by atoms with Gasteiger partial charge in [-0.05, 0) is 32.3 Å². The van der Waals surface area contributed by atoms with Crippen molar-refractivity contribution in [2.24, 2.45) is 11.8 Å². The van der Waals surface area contributed by atoms with E-state index in [4.69, 9.17) is 37.8 Å². The van der Waals surface area contributed by atoms with Crippen LogP contribution in [0.2, 0.25) is 0 Å². The molecule has 1 saturated carbocycles. The molecule has 1 aliphatic heterocycles. The van der Waals surface area contributed by atoms with Gasteiger partial charge in [0.05, 0.1) is 35.7 Å². The van der Waals surface area contributed by atoms with Crippen LogP contribution in [0.4, 0.5) is 0 Å². The standard InChI is InChI=1S/C32H44Cl2O10/c1-4-5-13-25-28(34)24(36)18-32(42,44-25)30(39)29(38)20(3)22(33)12-8-6-10-19(2)11-7-9-14-27(37)43-26-17-21(31(40)41)15-16-23(26)35/h5-14,20-21,23-26,28-30,35-36,38-39,42H,4,15-18H2,1-3H3,(H,40,41)/b8-6+,11-7+,13-5+,14-9+,19-10+,22-12-/t20?,21-,23-,24?,25?,26+,28?,29?,30?,32?/m1/s1. The van der Waals surface area contributed by atoms with Crippen molar-refractivity contribution in [2.75, 3.05) is 0 Å². The zero-order chi connectivity index (χ0) is 33.0. The minimum absolute atomic E-state index is 0.0734. The van der Waals surface area contributed by atoms with Gasteiger partial charge in [-0.15, -0.1) is 11.6 Å². The van der Waals surface area contributed by atoms with Crippen LogP contribution in [0.3, 0.4) is 0 Å². The van der Waals surface area contributed by atoms with Crippen molar-refractivity contribution in [1.82, 2.24) is 0 Å². The molecule has 0 radical (unpaired) electrons. The van der Waals surface area contributed by atoms with Gasteiger partial charge in [-0.1, -0.05) is 79.6 Å². The lowest BCUT2D eigenvalue weighted by Gasteiger charge is -2.45. The second kappa shape index (κ2) is 18.0. The van der Waals surface area contributed by atoms with Crippen LogP contribution in [0, 0.1) is 11.8 Å². The maximum absolute atomic E-state index is 12.1. The number of aliphatic hydroxyl groups excluding tert-OH is 4. The summed E-state index contributed by atoms with van der Waals surface area (Å²) >= 11 is 12.6. The Morgan fingerprint density at radius 1 is 1.07 bits per heavy atom. The van der Waals surface area contributed by atoms with Gasteiger partial charge in [0.15, 0.2) is 5.79 Å². The van der Waals surface area contributed by atoms with Crippen LogP contribution in [0.15, 0.2) is 71.4 Å². The third-order valence-corrected chi connectivity index (χ3v) is 8.63. The van der Waals surface area contributed by atoms with E-state index in [1.54, 1.807) is 49.5 Å². The largest absolute Gasteiger partial charge is 0.481 e. The molecular weight excluding hydrogens is 615 g/mol. The topological polar surface area (TPSA) is 174 Å². The SMILES string of the molecule is CC/C=C/C1OC(O)(C(O)C(O)C(C)/C(Cl)=C/C=C/C=C(C)/C=C/C=C/C(=O)O[C@H]2C[C@H](C(=O)O)CC[C@H]2O)CC(O)C1Cl. The van der Waals surface area contributed by atoms with Crippen LogP contribution in [0.5, 0.6) is 0 Å². The Balaban J connectivity index is 1.90. The summed E-state index contributed by atoms with van der Waals surface area (Å²) in [5, 5.41) is 61.4. The molecule has 0 aromatic rings. The van der Waals surface area contributed by atoms with Gasteiger partial charge in [-0.25, -0.2) is 4.79 Å². The molecule has 0 bridgehead atoms. The van der Waals surface area contributed by atoms with E-state index < -0.39 is 78.0 Å². The molecule has 0 aromatic heterocycles. The number of aliphatic carboxylic acids is 1. The predicted molar refractivity (Wildman–Crippen MR) is 167 cm³/mol. The van der Waals surface area contributed by atoms with E-state index in [0.717, 1.165) is 5.57 Å². The number of alkyl halides is 1. The van der Waals surface area contributed by atoms with Gasteiger partial charge in [0, 0.05) is 29.9 Å². The van der Waals surface area contributed by atoms with Crippen LogP contribution < -0.4 is 0 Å². The van der Waals surface area contributed by atoms with E-state index in [-0.39, 0.29) is 17.9 Å².